The molecule has 29 heavy (non-hydrogen) atoms. The molecule has 2 aliphatic rings. The topological polar surface area (TPSA) is 115 Å². The molecule has 1 atom stereocenters. The maximum Gasteiger partial charge on any atom is 0.340 e. The molecule has 2 aliphatic heterocycles. The summed E-state index contributed by atoms with van der Waals surface area (Å²) in [6, 6.07) is 7.62. The fraction of sp³-hybridized carbons (Fsp3) is 0.263. The normalized spacial score (nSPS) is 18.5. The van der Waals surface area contributed by atoms with Crippen molar-refractivity contribution in [1.82, 2.24) is 15.1 Å². The second kappa shape index (κ2) is 7.28. The van der Waals surface area contributed by atoms with E-state index in [0.29, 0.717) is 5.89 Å². The van der Waals surface area contributed by atoms with Gasteiger partial charge in [0.2, 0.25) is 5.89 Å². The highest BCUT2D eigenvalue weighted by Gasteiger charge is 2.27. The Morgan fingerprint density at radius 2 is 1.97 bits per heavy atom. The first-order valence-corrected chi connectivity index (χ1v) is 10.5. The van der Waals surface area contributed by atoms with Gasteiger partial charge in [-0.3, -0.25) is 0 Å². The number of carbonyl (C=O) groups excluding carboxylic acids is 1. The van der Waals surface area contributed by atoms with E-state index in [4.69, 9.17) is 9.15 Å². The number of aromatic nitrogens is 2. The predicted molar refractivity (Wildman–Crippen MR) is 104 cm³/mol. The third-order valence-electron chi connectivity index (χ3n) is 4.43. The lowest BCUT2D eigenvalue weighted by molar-refractivity contribution is -0.144. The van der Waals surface area contributed by atoms with Crippen LogP contribution in [0, 0.1) is 6.92 Å². The number of ether oxygens (including phenoxy) is 1. The van der Waals surface area contributed by atoms with Gasteiger partial charge in [-0.05, 0) is 38.1 Å². The van der Waals surface area contributed by atoms with Crippen molar-refractivity contribution in [3.63, 3.8) is 0 Å². The van der Waals surface area contributed by atoms with E-state index in [1.54, 1.807) is 11.8 Å². The SMILES string of the molecule is Cc1ccc(-c2nnc(C(C)OC(=O)C3=CN4CCS(=O)(=O)N=C4C=C3)o2)cc1. The van der Waals surface area contributed by atoms with Crippen LogP contribution < -0.4 is 0 Å². The van der Waals surface area contributed by atoms with Gasteiger partial charge in [0.25, 0.3) is 15.9 Å². The van der Waals surface area contributed by atoms with E-state index in [0.717, 1.165) is 11.1 Å². The van der Waals surface area contributed by atoms with Crippen LogP contribution in [0.4, 0.5) is 0 Å². The number of carbonyl (C=O) groups is 1. The van der Waals surface area contributed by atoms with E-state index in [9.17, 15) is 13.2 Å². The second-order valence-corrected chi connectivity index (χ2v) is 8.46. The molecule has 0 saturated carbocycles. The van der Waals surface area contributed by atoms with E-state index >= 15 is 0 Å². The first-order valence-electron chi connectivity index (χ1n) is 8.91. The molecule has 0 bridgehead atoms. The summed E-state index contributed by atoms with van der Waals surface area (Å²) in [7, 11) is -3.45. The predicted octanol–water partition coefficient (Wildman–Crippen LogP) is 2.15. The van der Waals surface area contributed by atoms with Gasteiger partial charge in [-0.1, -0.05) is 17.7 Å². The van der Waals surface area contributed by atoms with Gasteiger partial charge < -0.3 is 14.1 Å². The molecule has 0 spiro atoms. The summed E-state index contributed by atoms with van der Waals surface area (Å²) >= 11 is 0. The monoisotopic (exact) mass is 414 g/mol. The molecule has 4 rings (SSSR count). The van der Waals surface area contributed by atoms with Gasteiger partial charge in [0.05, 0.1) is 11.3 Å². The minimum Gasteiger partial charge on any atom is -0.449 e. The molecule has 2 aromatic rings. The number of rotatable bonds is 4. The van der Waals surface area contributed by atoms with Crippen LogP contribution in [0.3, 0.4) is 0 Å². The largest absolute Gasteiger partial charge is 0.449 e. The van der Waals surface area contributed by atoms with E-state index in [-0.39, 0.29) is 29.6 Å². The lowest BCUT2D eigenvalue weighted by Gasteiger charge is -2.26. The molecule has 150 valence electrons. The zero-order valence-corrected chi connectivity index (χ0v) is 16.6. The molecular weight excluding hydrogens is 396 g/mol. The highest BCUT2D eigenvalue weighted by molar-refractivity contribution is 7.90. The molecule has 0 N–H and O–H groups in total. The van der Waals surface area contributed by atoms with Gasteiger partial charge in [0, 0.05) is 18.3 Å². The van der Waals surface area contributed by atoms with Crippen LogP contribution in [0.2, 0.25) is 0 Å². The summed E-state index contributed by atoms with van der Waals surface area (Å²) in [5, 5.41) is 7.97. The molecule has 0 radical (unpaired) electrons. The third kappa shape index (κ3) is 4.11. The van der Waals surface area contributed by atoms with Crippen LogP contribution in [-0.2, 0) is 19.6 Å². The minimum absolute atomic E-state index is 0.108. The molecule has 0 saturated heterocycles. The fourth-order valence-electron chi connectivity index (χ4n) is 2.81. The lowest BCUT2D eigenvalue weighted by Crippen LogP contribution is -2.37. The number of aryl methyl sites for hydroxylation is 1. The van der Waals surface area contributed by atoms with Crippen molar-refractivity contribution in [3.05, 3.63) is 59.6 Å². The van der Waals surface area contributed by atoms with Crippen molar-refractivity contribution in [3.8, 4) is 11.5 Å². The lowest BCUT2D eigenvalue weighted by atomic mass is 10.1. The Morgan fingerprint density at radius 3 is 2.72 bits per heavy atom. The number of hydrogen-bond donors (Lipinski definition) is 0. The van der Waals surface area contributed by atoms with Crippen LogP contribution >= 0.6 is 0 Å². The average molecular weight is 414 g/mol. The number of fused-ring (bicyclic) bond motifs is 1. The molecular formula is C19H18N4O5S. The summed E-state index contributed by atoms with van der Waals surface area (Å²) in [4.78, 5) is 14.1. The van der Waals surface area contributed by atoms with Crippen molar-refractivity contribution in [2.45, 2.75) is 20.0 Å². The third-order valence-corrected chi connectivity index (χ3v) is 5.59. The summed E-state index contributed by atoms with van der Waals surface area (Å²) in [5.74, 6) is 0.107. The Kier molecular flexibility index (Phi) is 4.79. The van der Waals surface area contributed by atoms with Gasteiger partial charge in [-0.2, -0.15) is 0 Å². The Bertz CT molecular complexity index is 1150. The minimum atomic E-state index is -3.45. The van der Waals surface area contributed by atoms with Crippen molar-refractivity contribution >= 4 is 21.8 Å². The first kappa shape index (κ1) is 19.1. The second-order valence-electron chi connectivity index (χ2n) is 6.71. The van der Waals surface area contributed by atoms with Gasteiger partial charge in [-0.15, -0.1) is 14.6 Å². The Hall–Kier alpha value is -3.27. The summed E-state index contributed by atoms with van der Waals surface area (Å²) in [6.45, 7) is 3.84. The summed E-state index contributed by atoms with van der Waals surface area (Å²) in [6.07, 6.45) is 3.71. The number of hydrogen-bond acceptors (Lipinski definition) is 8. The van der Waals surface area contributed by atoms with Crippen LogP contribution in [0.1, 0.15) is 24.5 Å². The fourth-order valence-corrected chi connectivity index (χ4v) is 3.78. The number of nitrogens with zero attached hydrogens (tertiary/aromatic N) is 4. The maximum absolute atomic E-state index is 12.5. The maximum atomic E-state index is 12.5. The molecule has 0 fully saturated rings. The molecule has 10 heteroatoms. The van der Waals surface area contributed by atoms with Crippen LogP contribution in [0.25, 0.3) is 11.5 Å². The summed E-state index contributed by atoms with van der Waals surface area (Å²) in [5.41, 5.74) is 2.16. The number of esters is 1. The highest BCUT2D eigenvalue weighted by Crippen LogP contribution is 2.24. The van der Waals surface area contributed by atoms with Gasteiger partial charge in [0.1, 0.15) is 5.84 Å². The zero-order valence-electron chi connectivity index (χ0n) is 15.8. The average Bonchev–Trinajstić information content (AvgIpc) is 3.18. The van der Waals surface area contributed by atoms with Crippen molar-refractivity contribution in [1.29, 1.82) is 0 Å². The quantitative estimate of drug-likeness (QED) is 0.699. The Balaban J connectivity index is 1.45. The van der Waals surface area contributed by atoms with Crippen LogP contribution in [0.5, 0.6) is 0 Å². The highest BCUT2D eigenvalue weighted by atomic mass is 32.2. The number of amidine groups is 1. The van der Waals surface area contributed by atoms with Crippen molar-refractivity contribution in [2.24, 2.45) is 4.40 Å². The first-order chi connectivity index (χ1) is 13.8. The molecule has 1 aromatic carbocycles. The molecule has 0 amide bonds. The number of benzene rings is 1. The van der Waals surface area contributed by atoms with E-state index in [1.165, 1.54) is 18.4 Å². The van der Waals surface area contributed by atoms with Gasteiger partial charge in [-0.25, -0.2) is 13.2 Å². The molecule has 1 aromatic heterocycles. The molecule has 0 aliphatic carbocycles. The molecule has 3 heterocycles. The van der Waals surface area contributed by atoms with Crippen molar-refractivity contribution in [2.75, 3.05) is 12.3 Å². The van der Waals surface area contributed by atoms with Crippen LogP contribution in [0.15, 0.2) is 57.0 Å². The van der Waals surface area contributed by atoms with E-state index < -0.39 is 22.1 Å². The van der Waals surface area contributed by atoms with Crippen LogP contribution in [-0.4, -0.2) is 47.6 Å². The van der Waals surface area contributed by atoms with Crippen molar-refractivity contribution < 1.29 is 22.4 Å². The van der Waals surface area contributed by atoms with Gasteiger partial charge >= 0.3 is 5.97 Å². The smallest absolute Gasteiger partial charge is 0.340 e. The molecule has 1 unspecified atom stereocenters. The Labute approximate surface area is 167 Å². The Morgan fingerprint density at radius 1 is 1.21 bits per heavy atom. The standard InChI is InChI=1S/C19H18N4O5S/c1-12-3-5-14(6-4-12)18-21-20-17(28-18)13(2)27-19(24)15-7-8-16-22-29(25,26)10-9-23(16)11-15/h3-8,11,13H,9-10H2,1-2H3. The van der Waals surface area contributed by atoms with Gasteiger partial charge in [0.15, 0.2) is 6.10 Å². The van der Waals surface area contributed by atoms with E-state index in [1.807, 2.05) is 31.2 Å². The van der Waals surface area contributed by atoms with E-state index in [2.05, 4.69) is 14.6 Å². The number of sulfonamides is 1. The zero-order chi connectivity index (χ0) is 20.6. The summed E-state index contributed by atoms with van der Waals surface area (Å²) < 4.78 is 37.9. The molecule has 9 nitrogen and oxygen atoms in total.